The summed E-state index contributed by atoms with van der Waals surface area (Å²) in [4.78, 5) is 0. The molecule has 0 aliphatic carbocycles. The predicted octanol–water partition coefficient (Wildman–Crippen LogP) is 4.55. The third kappa shape index (κ3) is 1.82. The largest absolute Gasteiger partial charge is 0.456 e. The van der Waals surface area contributed by atoms with E-state index in [1.54, 1.807) is 6.07 Å². The second-order valence-electron chi connectivity index (χ2n) is 4.16. The van der Waals surface area contributed by atoms with Gasteiger partial charge in [-0.3, -0.25) is 0 Å². The number of furan rings is 1. The Morgan fingerprint density at radius 3 is 2.71 bits per heavy atom. The van der Waals surface area contributed by atoms with Crippen LogP contribution in [0.15, 0.2) is 52.9 Å². The predicted molar refractivity (Wildman–Crippen MR) is 66.3 cm³/mol. The highest BCUT2D eigenvalue weighted by Crippen LogP contribution is 2.28. The van der Waals surface area contributed by atoms with Crippen LogP contribution in [0.5, 0.6) is 0 Å². The summed E-state index contributed by atoms with van der Waals surface area (Å²) in [5.41, 5.74) is 2.78. The van der Waals surface area contributed by atoms with Crippen LogP contribution in [0.25, 0.3) is 22.3 Å². The molecular weight excluding hydrogens is 215 g/mol. The van der Waals surface area contributed by atoms with Crippen LogP contribution in [0.4, 0.5) is 4.39 Å². The van der Waals surface area contributed by atoms with Crippen molar-refractivity contribution in [1.82, 2.24) is 0 Å². The molecule has 0 spiro atoms. The van der Waals surface area contributed by atoms with Gasteiger partial charge in [-0.1, -0.05) is 23.8 Å². The Kier molecular flexibility index (Phi) is 2.22. The Balaban J connectivity index is 2.18. The Labute approximate surface area is 98.5 Å². The quantitative estimate of drug-likeness (QED) is 0.593. The average molecular weight is 226 g/mol. The fraction of sp³-hybridized carbons (Fsp3) is 0.0667. The summed E-state index contributed by atoms with van der Waals surface area (Å²) in [7, 11) is 0. The first-order valence-corrected chi connectivity index (χ1v) is 5.48. The molecule has 84 valence electrons. The van der Waals surface area contributed by atoms with Crippen molar-refractivity contribution in [2.24, 2.45) is 0 Å². The number of rotatable bonds is 1. The van der Waals surface area contributed by atoms with E-state index >= 15 is 0 Å². The molecule has 0 atom stereocenters. The highest BCUT2D eigenvalue weighted by Gasteiger charge is 2.06. The van der Waals surface area contributed by atoms with Crippen LogP contribution in [0.2, 0.25) is 0 Å². The molecule has 0 fully saturated rings. The van der Waals surface area contributed by atoms with Crippen LogP contribution in [-0.2, 0) is 0 Å². The summed E-state index contributed by atoms with van der Waals surface area (Å²) in [5.74, 6) is 0.448. The molecule has 3 rings (SSSR count). The molecule has 0 N–H and O–H groups in total. The molecule has 0 unspecified atom stereocenters. The zero-order valence-electron chi connectivity index (χ0n) is 9.41. The second-order valence-corrected chi connectivity index (χ2v) is 4.16. The van der Waals surface area contributed by atoms with Gasteiger partial charge in [-0.2, -0.15) is 0 Å². The maximum atomic E-state index is 13.1. The van der Waals surface area contributed by atoms with Gasteiger partial charge in [0, 0.05) is 10.9 Å². The van der Waals surface area contributed by atoms with E-state index < -0.39 is 0 Å². The molecule has 0 radical (unpaired) electrons. The van der Waals surface area contributed by atoms with Crippen molar-refractivity contribution in [3.63, 3.8) is 0 Å². The van der Waals surface area contributed by atoms with E-state index in [1.807, 2.05) is 31.2 Å². The molecule has 0 saturated heterocycles. The molecule has 0 aliphatic rings. The lowest BCUT2D eigenvalue weighted by Crippen LogP contribution is -1.75. The minimum Gasteiger partial charge on any atom is -0.456 e. The molecule has 1 aromatic heterocycles. The third-order valence-corrected chi connectivity index (χ3v) is 2.78. The molecule has 2 heteroatoms. The zero-order valence-corrected chi connectivity index (χ0v) is 9.41. The van der Waals surface area contributed by atoms with E-state index in [1.165, 1.54) is 17.7 Å². The maximum absolute atomic E-state index is 13.1. The number of aryl methyl sites for hydroxylation is 1. The molecular formula is C15H11FO. The molecule has 0 saturated carbocycles. The SMILES string of the molecule is Cc1ccc2oc(-c3cccc(F)c3)cc2c1. The smallest absolute Gasteiger partial charge is 0.135 e. The van der Waals surface area contributed by atoms with E-state index in [0.717, 1.165) is 16.5 Å². The molecule has 1 nitrogen and oxygen atoms in total. The van der Waals surface area contributed by atoms with Gasteiger partial charge in [0.2, 0.25) is 0 Å². The lowest BCUT2D eigenvalue weighted by molar-refractivity contribution is 0.618. The Bertz CT molecular complexity index is 682. The summed E-state index contributed by atoms with van der Waals surface area (Å²) in [6.45, 7) is 2.04. The van der Waals surface area contributed by atoms with Gasteiger partial charge >= 0.3 is 0 Å². The first kappa shape index (κ1) is 10.1. The van der Waals surface area contributed by atoms with E-state index in [9.17, 15) is 4.39 Å². The van der Waals surface area contributed by atoms with Crippen molar-refractivity contribution < 1.29 is 8.81 Å². The Morgan fingerprint density at radius 1 is 1.00 bits per heavy atom. The van der Waals surface area contributed by atoms with Crippen LogP contribution >= 0.6 is 0 Å². The van der Waals surface area contributed by atoms with Crippen LogP contribution in [0.3, 0.4) is 0 Å². The van der Waals surface area contributed by atoms with Crippen molar-refractivity contribution in [1.29, 1.82) is 0 Å². The van der Waals surface area contributed by atoms with Crippen molar-refractivity contribution in [3.05, 3.63) is 59.9 Å². The Morgan fingerprint density at radius 2 is 1.88 bits per heavy atom. The second kappa shape index (κ2) is 3.74. The highest BCUT2D eigenvalue weighted by molar-refractivity contribution is 5.83. The topological polar surface area (TPSA) is 13.1 Å². The van der Waals surface area contributed by atoms with Gasteiger partial charge in [0.05, 0.1) is 0 Å². The van der Waals surface area contributed by atoms with Crippen LogP contribution in [0.1, 0.15) is 5.56 Å². The number of hydrogen-bond acceptors (Lipinski definition) is 1. The number of hydrogen-bond donors (Lipinski definition) is 0. The van der Waals surface area contributed by atoms with Gasteiger partial charge in [0.25, 0.3) is 0 Å². The zero-order chi connectivity index (χ0) is 11.8. The minimum absolute atomic E-state index is 0.251. The molecule has 0 bridgehead atoms. The van der Waals surface area contributed by atoms with Gasteiger partial charge < -0.3 is 4.42 Å². The van der Waals surface area contributed by atoms with Gasteiger partial charge in [-0.15, -0.1) is 0 Å². The van der Waals surface area contributed by atoms with Gasteiger partial charge in [-0.05, 0) is 37.3 Å². The van der Waals surface area contributed by atoms with Crippen molar-refractivity contribution >= 4 is 11.0 Å². The normalized spacial score (nSPS) is 10.9. The van der Waals surface area contributed by atoms with E-state index in [0.29, 0.717) is 5.76 Å². The summed E-state index contributed by atoms with van der Waals surface area (Å²) in [6, 6.07) is 14.4. The molecule has 17 heavy (non-hydrogen) atoms. The molecule has 3 aromatic rings. The number of benzene rings is 2. The van der Waals surface area contributed by atoms with E-state index in [2.05, 4.69) is 6.07 Å². The fourth-order valence-corrected chi connectivity index (χ4v) is 1.95. The van der Waals surface area contributed by atoms with Crippen LogP contribution in [0, 0.1) is 12.7 Å². The average Bonchev–Trinajstić information content (AvgIpc) is 2.72. The summed E-state index contributed by atoms with van der Waals surface area (Å²) < 4.78 is 18.8. The third-order valence-electron chi connectivity index (χ3n) is 2.78. The monoisotopic (exact) mass is 226 g/mol. The standard InChI is InChI=1S/C15H11FO/c1-10-5-6-14-12(7-10)9-15(17-14)11-3-2-4-13(16)8-11/h2-9H,1H3. The molecule has 1 heterocycles. The van der Waals surface area contributed by atoms with Gasteiger partial charge in [-0.25, -0.2) is 4.39 Å². The summed E-state index contributed by atoms with van der Waals surface area (Å²) >= 11 is 0. The van der Waals surface area contributed by atoms with E-state index in [4.69, 9.17) is 4.42 Å². The summed E-state index contributed by atoms with van der Waals surface area (Å²) in [5, 5.41) is 1.05. The fourth-order valence-electron chi connectivity index (χ4n) is 1.95. The van der Waals surface area contributed by atoms with Crippen molar-refractivity contribution in [3.8, 4) is 11.3 Å². The Hall–Kier alpha value is -2.09. The first-order valence-electron chi connectivity index (χ1n) is 5.48. The number of fused-ring (bicyclic) bond motifs is 1. The van der Waals surface area contributed by atoms with E-state index in [-0.39, 0.29) is 5.82 Å². The first-order chi connectivity index (χ1) is 8.22. The lowest BCUT2D eigenvalue weighted by atomic mass is 10.1. The maximum Gasteiger partial charge on any atom is 0.135 e. The molecule has 2 aromatic carbocycles. The highest BCUT2D eigenvalue weighted by atomic mass is 19.1. The van der Waals surface area contributed by atoms with Gasteiger partial charge in [0.15, 0.2) is 0 Å². The van der Waals surface area contributed by atoms with Crippen molar-refractivity contribution in [2.45, 2.75) is 6.92 Å². The minimum atomic E-state index is -0.251. The van der Waals surface area contributed by atoms with Gasteiger partial charge in [0.1, 0.15) is 17.2 Å². The number of halogens is 1. The molecule has 0 aliphatic heterocycles. The lowest BCUT2D eigenvalue weighted by Gasteiger charge is -1.95. The van der Waals surface area contributed by atoms with Crippen LogP contribution in [-0.4, -0.2) is 0 Å². The molecule has 0 amide bonds. The van der Waals surface area contributed by atoms with Crippen LogP contribution < -0.4 is 0 Å². The summed E-state index contributed by atoms with van der Waals surface area (Å²) in [6.07, 6.45) is 0. The van der Waals surface area contributed by atoms with Crippen molar-refractivity contribution in [2.75, 3.05) is 0 Å².